The Bertz CT molecular complexity index is 5050. The molecule has 2 radical (unpaired) electrons. The van der Waals surface area contributed by atoms with E-state index in [4.69, 9.17) is 8.83 Å². The molecule has 6 aromatic heterocycles. The van der Waals surface area contributed by atoms with Gasteiger partial charge in [0.15, 0.2) is 0 Å². The maximum absolute atomic E-state index is 6.39. The minimum Gasteiger partial charge on any atom is -0.501 e. The molecule has 0 amide bonds. The second-order valence-corrected chi connectivity index (χ2v) is 23.9. The van der Waals surface area contributed by atoms with Gasteiger partial charge in [0, 0.05) is 86.6 Å². The third-order valence-corrected chi connectivity index (χ3v) is 17.1. The zero-order chi connectivity index (χ0) is 63.6. The van der Waals surface area contributed by atoms with Crippen LogP contribution in [0.4, 0.5) is 0 Å². The van der Waals surface area contributed by atoms with Gasteiger partial charge in [0.1, 0.15) is 11.2 Å². The van der Waals surface area contributed by atoms with Gasteiger partial charge in [-0.1, -0.05) is 231 Å². The summed E-state index contributed by atoms with van der Waals surface area (Å²) in [6, 6.07) is 110. The van der Waals surface area contributed by atoms with Gasteiger partial charge in [-0.05, 0) is 111 Å². The van der Waals surface area contributed by atoms with Crippen molar-refractivity contribution < 1.29 is 49.0 Å². The van der Waals surface area contributed by atoms with E-state index in [-0.39, 0.29) is 51.0 Å². The number of nitrogens with zero attached hydrogens (tertiary/aromatic N) is 4. The number of pyridine rings is 4. The summed E-state index contributed by atoms with van der Waals surface area (Å²) in [5.74, 6) is 0. The van der Waals surface area contributed by atoms with Gasteiger partial charge in [0.05, 0.1) is 11.2 Å². The van der Waals surface area contributed by atoms with Crippen LogP contribution < -0.4 is 0 Å². The average molecular weight is 1580 g/mol. The van der Waals surface area contributed by atoms with Crippen molar-refractivity contribution in [1.82, 2.24) is 19.9 Å². The van der Waals surface area contributed by atoms with E-state index in [1.807, 2.05) is 128 Å². The standard InChI is InChI=1S/C32H24NO.C27H22NO.C17H12N.C11H8N.2Ir/c1-32(2,24-12-7-4-8-13-24)25-16-17-30-28(21-25)26-14-9-15-27(31(26)34-30)29-20-23(18-19-33-29)22-10-5-3-6-11-22;1-18-14-15-28-24(16-18)23-11-7-10-22-21-13-12-20(17-25(21)29-26(22)23)27(2,3)19-8-5-4-6-9-19;1-2-7-14(8-3-1)15-9-6-10-16(13-15)17-11-4-5-12-18-17;1-2-6-10(7-3-1)11-8-4-5-9-12-11;;/h3-14,16-21H,1-2H3;4-10,12-17H,1-3H3;1-9,11-13H;1-6,8-9H;;/q4*-1;;. The van der Waals surface area contributed by atoms with Crippen molar-refractivity contribution >= 4 is 43.9 Å². The van der Waals surface area contributed by atoms with Gasteiger partial charge >= 0.3 is 0 Å². The van der Waals surface area contributed by atoms with Crippen LogP contribution in [0.2, 0.25) is 0 Å². The number of rotatable bonds is 10. The van der Waals surface area contributed by atoms with E-state index >= 15 is 0 Å². The molecule has 0 aliphatic rings. The fourth-order valence-corrected chi connectivity index (χ4v) is 11.8. The number of fused-ring (bicyclic) bond motifs is 6. The molecule has 468 valence electrons. The molecule has 0 saturated heterocycles. The molecule has 0 N–H and O–H groups in total. The van der Waals surface area contributed by atoms with Gasteiger partial charge < -0.3 is 28.8 Å². The first kappa shape index (κ1) is 66.2. The van der Waals surface area contributed by atoms with Gasteiger partial charge in [0.2, 0.25) is 0 Å². The Morgan fingerprint density at radius 2 is 0.768 bits per heavy atom. The van der Waals surface area contributed by atoms with Crippen LogP contribution in [0.3, 0.4) is 0 Å². The molecule has 16 rings (SSSR count). The Balaban J connectivity index is 0.000000136. The quantitative estimate of drug-likeness (QED) is 0.127. The van der Waals surface area contributed by atoms with Crippen LogP contribution in [-0.2, 0) is 51.0 Å². The molecule has 95 heavy (non-hydrogen) atoms. The SMILES string of the molecule is CC(C)(c1ccccc1)c1ccc2oc3c(-c4cc(-c5ccccc5)ccn4)[c-]ccc3c2c1.Cc1ccnc(-c2[c-]ccc3c2oc2cc(C(C)(C)c4ccccc4)ccc23)c1.[Ir].[Ir].[c-]1ccc(-c2ccccc2)cc1-c1ccccn1.[c-]1ccccc1-c1ccccn1. The Hall–Kier alpha value is -10.3. The summed E-state index contributed by atoms with van der Waals surface area (Å²) in [5, 5.41) is 4.42. The van der Waals surface area contributed by atoms with E-state index in [1.165, 1.54) is 38.9 Å². The molecule has 0 atom stereocenters. The molecule has 0 bridgehead atoms. The zero-order valence-corrected chi connectivity index (χ0v) is 58.0. The second-order valence-electron chi connectivity index (χ2n) is 23.9. The predicted molar refractivity (Wildman–Crippen MR) is 381 cm³/mol. The summed E-state index contributed by atoms with van der Waals surface area (Å²) in [5.41, 5.74) is 21.7. The Morgan fingerprint density at radius 3 is 1.34 bits per heavy atom. The molecule has 8 heteroatoms. The molecule has 0 aliphatic carbocycles. The minimum absolute atomic E-state index is 0. The van der Waals surface area contributed by atoms with E-state index in [9.17, 15) is 0 Å². The molecule has 6 nitrogen and oxygen atoms in total. The van der Waals surface area contributed by atoms with Gasteiger partial charge in [-0.2, -0.15) is 0 Å². The number of hydrogen-bond acceptors (Lipinski definition) is 6. The summed E-state index contributed by atoms with van der Waals surface area (Å²) in [6.07, 6.45) is 7.28. The van der Waals surface area contributed by atoms with Crippen molar-refractivity contribution in [1.29, 1.82) is 0 Å². The summed E-state index contributed by atoms with van der Waals surface area (Å²) in [4.78, 5) is 17.8. The molecule has 10 aromatic carbocycles. The van der Waals surface area contributed by atoms with Crippen LogP contribution in [0.25, 0.3) is 111 Å². The zero-order valence-electron chi connectivity index (χ0n) is 53.2. The third kappa shape index (κ3) is 14.9. The van der Waals surface area contributed by atoms with Crippen LogP contribution >= 0.6 is 0 Å². The molecule has 0 aliphatic heterocycles. The fraction of sp³-hybridized carbons (Fsp3) is 0.0805. The largest absolute Gasteiger partial charge is 0.501 e. The Labute approximate surface area is 583 Å². The molecular weight excluding hydrogens is 1520 g/mol. The van der Waals surface area contributed by atoms with Crippen molar-refractivity contribution in [3.05, 3.63) is 362 Å². The molecular formula is C87H66Ir2N4O2-4. The monoisotopic (exact) mass is 1580 g/mol. The molecule has 6 heterocycles. The number of aryl methyl sites for hydroxylation is 1. The first-order valence-electron chi connectivity index (χ1n) is 31.2. The minimum atomic E-state index is -0.117. The van der Waals surface area contributed by atoms with Crippen molar-refractivity contribution in [3.63, 3.8) is 0 Å². The van der Waals surface area contributed by atoms with E-state index < -0.39 is 0 Å². The summed E-state index contributed by atoms with van der Waals surface area (Å²) in [7, 11) is 0. The molecule has 0 unspecified atom stereocenters. The van der Waals surface area contributed by atoms with Crippen molar-refractivity contribution in [3.8, 4) is 67.3 Å². The summed E-state index contributed by atoms with van der Waals surface area (Å²) >= 11 is 0. The topological polar surface area (TPSA) is 77.8 Å². The number of furan rings is 2. The van der Waals surface area contributed by atoms with Crippen LogP contribution in [0.1, 0.15) is 55.5 Å². The number of hydrogen-bond donors (Lipinski definition) is 0. The number of aromatic nitrogens is 4. The third-order valence-electron chi connectivity index (χ3n) is 17.1. The summed E-state index contributed by atoms with van der Waals surface area (Å²) in [6.45, 7) is 11.1. The maximum Gasteiger partial charge on any atom is 0.121 e. The first-order valence-corrected chi connectivity index (χ1v) is 31.2. The molecule has 0 fully saturated rings. The van der Waals surface area contributed by atoms with Gasteiger partial charge in [-0.15, -0.1) is 108 Å². The normalized spacial score (nSPS) is 11.0. The fourth-order valence-electron chi connectivity index (χ4n) is 11.8. The smallest absolute Gasteiger partial charge is 0.121 e. The first-order chi connectivity index (χ1) is 45.5. The van der Waals surface area contributed by atoms with Gasteiger partial charge in [0.25, 0.3) is 0 Å². The van der Waals surface area contributed by atoms with Gasteiger partial charge in [-0.25, -0.2) is 0 Å². The van der Waals surface area contributed by atoms with E-state index in [1.54, 1.807) is 12.4 Å². The van der Waals surface area contributed by atoms with Crippen molar-refractivity contribution in [2.24, 2.45) is 0 Å². The van der Waals surface area contributed by atoms with Crippen LogP contribution in [0.5, 0.6) is 0 Å². The Kier molecular flexibility index (Phi) is 21.0. The molecule has 16 aromatic rings. The van der Waals surface area contributed by atoms with E-state index in [0.717, 1.165) is 100 Å². The maximum atomic E-state index is 6.39. The van der Waals surface area contributed by atoms with Crippen molar-refractivity contribution in [2.75, 3.05) is 0 Å². The van der Waals surface area contributed by atoms with E-state index in [2.05, 4.69) is 249 Å². The second kappa shape index (κ2) is 30.2. The van der Waals surface area contributed by atoms with Crippen LogP contribution in [-0.4, -0.2) is 19.9 Å². The van der Waals surface area contributed by atoms with Crippen molar-refractivity contribution in [2.45, 2.75) is 45.4 Å². The van der Waals surface area contributed by atoms with E-state index in [0.29, 0.717) is 0 Å². The average Bonchev–Trinajstić information content (AvgIpc) is 1.63. The predicted octanol–water partition coefficient (Wildman–Crippen LogP) is 22.3. The Morgan fingerprint density at radius 1 is 0.295 bits per heavy atom. The van der Waals surface area contributed by atoms with Crippen LogP contribution in [0.15, 0.2) is 319 Å². The molecule has 0 spiro atoms. The summed E-state index contributed by atoms with van der Waals surface area (Å²) < 4.78 is 12.8. The number of benzene rings is 10. The molecule has 0 saturated carbocycles. The van der Waals surface area contributed by atoms with Crippen LogP contribution in [0, 0.1) is 31.2 Å². The van der Waals surface area contributed by atoms with Gasteiger partial charge in [-0.3, -0.25) is 0 Å².